The number of halogens is 1. The first kappa shape index (κ1) is 13.1. The number of nitrogens with one attached hydrogen (secondary N) is 1. The molecular formula is C13H12BrNO2S. The second-order valence-electron chi connectivity index (χ2n) is 3.72. The summed E-state index contributed by atoms with van der Waals surface area (Å²) in [6.07, 6.45) is 0.404. The highest BCUT2D eigenvalue weighted by molar-refractivity contribution is 9.11. The van der Waals surface area contributed by atoms with Gasteiger partial charge >= 0.3 is 0 Å². The molecule has 3 nitrogen and oxygen atoms in total. The van der Waals surface area contributed by atoms with Gasteiger partial charge in [0.25, 0.3) is 0 Å². The summed E-state index contributed by atoms with van der Waals surface area (Å²) in [5.74, 6) is 0.303. The molecule has 0 atom stereocenters. The van der Waals surface area contributed by atoms with Gasteiger partial charge in [-0.25, -0.2) is 0 Å². The smallest absolute Gasteiger partial charge is 0.174 e. The summed E-state index contributed by atoms with van der Waals surface area (Å²) in [5.41, 5.74) is 0.651. The van der Waals surface area contributed by atoms with Crippen LogP contribution in [-0.2, 0) is 0 Å². The number of aromatic hydroxyl groups is 1. The number of rotatable bonds is 5. The number of phenolic OH excluding ortho intramolecular Hbond substituents is 1. The fourth-order valence-electron chi connectivity index (χ4n) is 1.52. The van der Waals surface area contributed by atoms with Crippen LogP contribution in [0.25, 0.3) is 0 Å². The van der Waals surface area contributed by atoms with E-state index in [0.29, 0.717) is 18.7 Å². The second kappa shape index (κ2) is 6.02. The molecule has 5 heteroatoms. The lowest BCUT2D eigenvalue weighted by atomic mass is 10.2. The number of benzene rings is 1. The molecule has 2 N–H and O–H groups in total. The zero-order chi connectivity index (χ0) is 13.0. The first-order valence-corrected chi connectivity index (χ1v) is 7.08. The molecule has 0 fully saturated rings. The Morgan fingerprint density at radius 3 is 2.72 bits per heavy atom. The molecule has 0 spiro atoms. The minimum absolute atomic E-state index is 0.105. The van der Waals surface area contributed by atoms with Crippen molar-refractivity contribution in [2.24, 2.45) is 0 Å². The average molecular weight is 326 g/mol. The number of hydrogen-bond donors (Lipinski definition) is 2. The average Bonchev–Trinajstić information content (AvgIpc) is 2.78. The van der Waals surface area contributed by atoms with Gasteiger partial charge in [-0.05, 0) is 40.2 Å². The highest BCUT2D eigenvalue weighted by atomic mass is 79.9. The number of para-hydroxylation sites is 2. The van der Waals surface area contributed by atoms with E-state index in [1.54, 1.807) is 18.2 Å². The number of Topliss-reactive ketones (excluding diaryl/α,β-unsaturated/α-hetero) is 1. The van der Waals surface area contributed by atoms with Crippen LogP contribution >= 0.6 is 27.3 Å². The number of carbonyl (C=O) groups is 1. The summed E-state index contributed by atoms with van der Waals surface area (Å²) < 4.78 is 0.958. The number of ketones is 1. The van der Waals surface area contributed by atoms with Gasteiger partial charge < -0.3 is 10.4 Å². The van der Waals surface area contributed by atoms with E-state index in [-0.39, 0.29) is 11.5 Å². The Kier molecular flexibility index (Phi) is 4.38. The Bertz CT molecular complexity index is 553. The Morgan fingerprint density at radius 1 is 1.28 bits per heavy atom. The normalized spacial score (nSPS) is 10.3. The first-order valence-electron chi connectivity index (χ1n) is 5.47. The van der Waals surface area contributed by atoms with Crippen LogP contribution in [0.1, 0.15) is 16.1 Å². The third kappa shape index (κ3) is 3.34. The summed E-state index contributed by atoms with van der Waals surface area (Å²) in [4.78, 5) is 12.6. The molecule has 2 rings (SSSR count). The van der Waals surface area contributed by atoms with Crippen LogP contribution in [0, 0.1) is 0 Å². The van der Waals surface area contributed by atoms with Gasteiger partial charge in [0.1, 0.15) is 5.75 Å². The maximum Gasteiger partial charge on any atom is 0.174 e. The topological polar surface area (TPSA) is 49.3 Å². The van der Waals surface area contributed by atoms with Gasteiger partial charge in [-0.15, -0.1) is 11.3 Å². The molecule has 0 aliphatic carbocycles. The number of carbonyl (C=O) groups excluding carboxylic acids is 1. The van der Waals surface area contributed by atoms with Crippen LogP contribution in [0.15, 0.2) is 40.2 Å². The fraction of sp³-hybridized carbons (Fsp3) is 0.154. The minimum atomic E-state index is 0.105. The highest BCUT2D eigenvalue weighted by Crippen LogP contribution is 2.24. The van der Waals surface area contributed by atoms with Crippen molar-refractivity contribution >= 4 is 38.7 Å². The molecule has 18 heavy (non-hydrogen) atoms. The maximum absolute atomic E-state index is 11.8. The van der Waals surface area contributed by atoms with E-state index in [9.17, 15) is 9.90 Å². The summed E-state index contributed by atoms with van der Waals surface area (Å²) >= 11 is 4.77. The number of anilines is 1. The van der Waals surface area contributed by atoms with E-state index in [2.05, 4.69) is 21.2 Å². The number of hydrogen-bond acceptors (Lipinski definition) is 4. The lowest BCUT2D eigenvalue weighted by Crippen LogP contribution is -2.07. The van der Waals surface area contributed by atoms with E-state index in [0.717, 1.165) is 8.66 Å². The second-order valence-corrected chi connectivity index (χ2v) is 6.18. The summed E-state index contributed by atoms with van der Waals surface area (Å²) in [5, 5.41) is 12.6. The quantitative estimate of drug-likeness (QED) is 0.647. The van der Waals surface area contributed by atoms with Gasteiger partial charge in [0, 0.05) is 13.0 Å². The number of phenols is 1. The third-order valence-electron chi connectivity index (χ3n) is 2.42. The molecule has 0 amide bonds. The largest absolute Gasteiger partial charge is 0.506 e. The van der Waals surface area contributed by atoms with Crippen molar-refractivity contribution in [3.05, 3.63) is 45.1 Å². The fourth-order valence-corrected chi connectivity index (χ4v) is 2.87. The van der Waals surface area contributed by atoms with Crippen LogP contribution < -0.4 is 5.32 Å². The summed E-state index contributed by atoms with van der Waals surface area (Å²) in [6.45, 7) is 0.506. The zero-order valence-corrected chi connectivity index (χ0v) is 11.9. The van der Waals surface area contributed by atoms with Crippen molar-refractivity contribution in [1.29, 1.82) is 0 Å². The zero-order valence-electron chi connectivity index (χ0n) is 9.52. The predicted octanol–water partition coefficient (Wildman–Crippen LogP) is 3.90. The maximum atomic E-state index is 11.8. The Morgan fingerprint density at radius 2 is 2.06 bits per heavy atom. The van der Waals surface area contributed by atoms with Gasteiger partial charge in [-0.1, -0.05) is 12.1 Å². The van der Waals surface area contributed by atoms with E-state index in [1.165, 1.54) is 11.3 Å². The molecule has 0 bridgehead atoms. The molecule has 1 aromatic heterocycles. The molecule has 2 aromatic rings. The molecule has 0 radical (unpaired) electrons. The van der Waals surface area contributed by atoms with Crippen LogP contribution in [0.5, 0.6) is 5.75 Å². The van der Waals surface area contributed by atoms with E-state index in [4.69, 9.17) is 0 Å². The molecule has 0 unspecified atom stereocenters. The standard InChI is InChI=1S/C13H12BrNO2S/c14-13-6-5-12(18-13)11(17)7-8-15-9-3-1-2-4-10(9)16/h1-6,15-16H,7-8H2. The third-order valence-corrected chi connectivity index (χ3v) is 4.08. The van der Waals surface area contributed by atoms with Crippen molar-refractivity contribution in [3.8, 4) is 5.75 Å². The summed E-state index contributed by atoms with van der Waals surface area (Å²) in [6, 6.07) is 10.7. The van der Waals surface area contributed by atoms with Crippen molar-refractivity contribution in [2.45, 2.75) is 6.42 Å². The SMILES string of the molecule is O=C(CCNc1ccccc1O)c1ccc(Br)s1. The molecule has 0 saturated carbocycles. The van der Waals surface area contributed by atoms with Crippen LogP contribution in [0.4, 0.5) is 5.69 Å². The van der Waals surface area contributed by atoms with Gasteiger partial charge in [-0.2, -0.15) is 0 Å². The Hall–Kier alpha value is -1.33. The van der Waals surface area contributed by atoms with Crippen molar-refractivity contribution in [2.75, 3.05) is 11.9 Å². The van der Waals surface area contributed by atoms with Crippen molar-refractivity contribution in [1.82, 2.24) is 0 Å². The molecule has 0 saturated heterocycles. The summed E-state index contributed by atoms with van der Waals surface area (Å²) in [7, 11) is 0. The van der Waals surface area contributed by atoms with E-state index < -0.39 is 0 Å². The van der Waals surface area contributed by atoms with Gasteiger partial charge in [0.2, 0.25) is 0 Å². The van der Waals surface area contributed by atoms with Gasteiger partial charge in [0.05, 0.1) is 14.4 Å². The van der Waals surface area contributed by atoms with Gasteiger partial charge in [-0.3, -0.25) is 4.79 Å². The van der Waals surface area contributed by atoms with Crippen LogP contribution in [0.3, 0.4) is 0 Å². The van der Waals surface area contributed by atoms with E-state index in [1.807, 2.05) is 18.2 Å². The van der Waals surface area contributed by atoms with Crippen LogP contribution in [0.2, 0.25) is 0 Å². The number of thiophene rings is 1. The monoisotopic (exact) mass is 325 g/mol. The van der Waals surface area contributed by atoms with Crippen LogP contribution in [-0.4, -0.2) is 17.4 Å². The molecule has 0 aliphatic rings. The van der Waals surface area contributed by atoms with Gasteiger partial charge in [0.15, 0.2) is 5.78 Å². The highest BCUT2D eigenvalue weighted by Gasteiger charge is 2.08. The first-order chi connectivity index (χ1) is 8.66. The van der Waals surface area contributed by atoms with Crippen molar-refractivity contribution in [3.63, 3.8) is 0 Å². The predicted molar refractivity (Wildman–Crippen MR) is 77.6 cm³/mol. The Balaban J connectivity index is 1.86. The lowest BCUT2D eigenvalue weighted by Gasteiger charge is -2.06. The molecular weight excluding hydrogens is 314 g/mol. The Labute approximate surface area is 118 Å². The molecule has 94 valence electrons. The van der Waals surface area contributed by atoms with E-state index >= 15 is 0 Å². The molecule has 1 aromatic carbocycles. The van der Waals surface area contributed by atoms with Crippen molar-refractivity contribution < 1.29 is 9.90 Å². The molecule has 0 aliphatic heterocycles. The lowest BCUT2D eigenvalue weighted by molar-refractivity contribution is 0.0990. The molecule has 1 heterocycles. The minimum Gasteiger partial charge on any atom is -0.506 e.